The Bertz CT molecular complexity index is 1060. The molecule has 144 valence electrons. The van der Waals surface area contributed by atoms with Crippen LogP contribution in [0.2, 0.25) is 15.1 Å². The zero-order valence-corrected chi connectivity index (χ0v) is 17.6. The largest absolute Gasteiger partial charge is 0.296 e. The van der Waals surface area contributed by atoms with Crippen LogP contribution in [0.3, 0.4) is 0 Å². The molecule has 0 saturated carbocycles. The summed E-state index contributed by atoms with van der Waals surface area (Å²) in [4.78, 5) is 23.0. The molecule has 0 aliphatic rings. The number of nitrogens with zero attached hydrogens (tertiary/aromatic N) is 3. The second-order valence-electron chi connectivity index (χ2n) is 5.23. The van der Waals surface area contributed by atoms with E-state index in [1.165, 1.54) is 36.0 Å². The van der Waals surface area contributed by atoms with E-state index in [2.05, 4.69) is 15.5 Å². The van der Waals surface area contributed by atoms with Gasteiger partial charge in [0.2, 0.25) is 5.13 Å². The third kappa shape index (κ3) is 4.92. The Hall–Kier alpha value is -1.91. The number of nitro benzene ring substituents is 1. The van der Waals surface area contributed by atoms with Crippen LogP contribution in [0.4, 0.5) is 10.8 Å². The first kappa shape index (κ1) is 20.8. The predicted molar refractivity (Wildman–Crippen MR) is 112 cm³/mol. The van der Waals surface area contributed by atoms with E-state index in [-0.39, 0.29) is 27.2 Å². The fourth-order valence-electron chi connectivity index (χ4n) is 2.15. The molecular weight excluding hydrogens is 467 g/mol. The van der Waals surface area contributed by atoms with Crippen molar-refractivity contribution in [2.75, 3.05) is 5.32 Å². The molecule has 0 bridgehead atoms. The van der Waals surface area contributed by atoms with Gasteiger partial charge >= 0.3 is 0 Å². The number of anilines is 1. The fourth-order valence-corrected chi connectivity index (χ4v) is 4.75. The molecule has 0 aliphatic carbocycles. The maximum Gasteiger partial charge on any atom is 0.274 e. The molecule has 0 fully saturated rings. The van der Waals surface area contributed by atoms with Crippen LogP contribution < -0.4 is 5.32 Å². The van der Waals surface area contributed by atoms with Gasteiger partial charge in [-0.05, 0) is 24.3 Å². The minimum atomic E-state index is -0.483. The Morgan fingerprint density at radius 2 is 1.96 bits per heavy atom. The molecule has 28 heavy (non-hydrogen) atoms. The van der Waals surface area contributed by atoms with Crippen LogP contribution in [0.5, 0.6) is 0 Å². The Kier molecular flexibility index (Phi) is 6.73. The van der Waals surface area contributed by atoms with E-state index in [0.29, 0.717) is 19.9 Å². The summed E-state index contributed by atoms with van der Waals surface area (Å²) in [5.74, 6) is -0.210. The van der Waals surface area contributed by atoms with Crippen molar-refractivity contribution in [2.45, 2.75) is 10.1 Å². The molecule has 3 rings (SSSR count). The average Bonchev–Trinajstić information content (AvgIpc) is 3.07. The molecule has 1 aromatic heterocycles. The third-order valence-corrected chi connectivity index (χ3v) is 6.33. The van der Waals surface area contributed by atoms with Crippen LogP contribution in [-0.4, -0.2) is 21.0 Å². The Morgan fingerprint density at radius 3 is 2.68 bits per heavy atom. The lowest BCUT2D eigenvalue weighted by Gasteiger charge is -2.04. The molecule has 3 aromatic rings. The first-order valence-electron chi connectivity index (χ1n) is 7.49. The SMILES string of the molecule is O=C(Nc1nnc(SCc2c(Cl)cccc2[N+](=O)[O-])s1)c1ccc(Cl)cc1Cl. The molecule has 0 saturated heterocycles. The van der Waals surface area contributed by atoms with Gasteiger partial charge in [0.25, 0.3) is 11.6 Å². The molecule has 0 radical (unpaired) electrons. The number of carbonyl (C=O) groups excluding carboxylic acids is 1. The van der Waals surface area contributed by atoms with Crippen LogP contribution in [0.25, 0.3) is 0 Å². The summed E-state index contributed by atoms with van der Waals surface area (Å²) in [7, 11) is 0. The lowest BCUT2D eigenvalue weighted by molar-refractivity contribution is -0.385. The lowest BCUT2D eigenvalue weighted by Crippen LogP contribution is -2.12. The van der Waals surface area contributed by atoms with Gasteiger partial charge < -0.3 is 0 Å². The van der Waals surface area contributed by atoms with Gasteiger partial charge in [-0.25, -0.2) is 0 Å². The van der Waals surface area contributed by atoms with Crippen molar-refractivity contribution in [2.24, 2.45) is 0 Å². The quantitative estimate of drug-likeness (QED) is 0.205. The first-order chi connectivity index (χ1) is 13.3. The molecule has 0 atom stereocenters. The molecular formula is C16H9Cl3N4O3S2. The Morgan fingerprint density at radius 1 is 1.18 bits per heavy atom. The van der Waals surface area contributed by atoms with E-state index < -0.39 is 10.8 Å². The number of rotatable bonds is 6. The maximum absolute atomic E-state index is 12.3. The van der Waals surface area contributed by atoms with Gasteiger partial charge in [-0.1, -0.05) is 64.0 Å². The summed E-state index contributed by atoms with van der Waals surface area (Å²) in [6.07, 6.45) is 0. The van der Waals surface area contributed by atoms with E-state index in [0.717, 1.165) is 11.3 Å². The minimum Gasteiger partial charge on any atom is -0.296 e. The molecule has 1 N–H and O–H groups in total. The number of carbonyl (C=O) groups is 1. The highest BCUT2D eigenvalue weighted by Gasteiger charge is 2.18. The topological polar surface area (TPSA) is 98.0 Å². The van der Waals surface area contributed by atoms with Crippen LogP contribution in [-0.2, 0) is 5.75 Å². The number of nitro groups is 1. The van der Waals surface area contributed by atoms with Gasteiger partial charge in [-0.15, -0.1) is 10.2 Å². The second kappa shape index (κ2) is 9.06. The lowest BCUT2D eigenvalue weighted by atomic mass is 10.2. The van der Waals surface area contributed by atoms with Crippen LogP contribution in [0.15, 0.2) is 40.7 Å². The number of aromatic nitrogens is 2. The number of amides is 1. The van der Waals surface area contributed by atoms with Crippen molar-refractivity contribution in [1.82, 2.24) is 10.2 Å². The molecule has 1 amide bonds. The second-order valence-corrected chi connectivity index (χ2v) is 8.69. The zero-order valence-electron chi connectivity index (χ0n) is 13.7. The maximum atomic E-state index is 12.3. The van der Waals surface area contributed by atoms with Crippen LogP contribution >= 0.6 is 57.9 Å². The molecule has 2 aromatic carbocycles. The highest BCUT2D eigenvalue weighted by atomic mass is 35.5. The summed E-state index contributed by atoms with van der Waals surface area (Å²) >= 11 is 20.3. The van der Waals surface area contributed by atoms with Crippen molar-refractivity contribution in [1.29, 1.82) is 0 Å². The summed E-state index contributed by atoms with van der Waals surface area (Å²) in [6, 6.07) is 9.04. The molecule has 12 heteroatoms. The van der Waals surface area contributed by atoms with Crippen molar-refractivity contribution in [3.63, 3.8) is 0 Å². The van der Waals surface area contributed by atoms with E-state index in [4.69, 9.17) is 34.8 Å². The van der Waals surface area contributed by atoms with Crippen molar-refractivity contribution in [3.05, 3.63) is 72.7 Å². The smallest absolute Gasteiger partial charge is 0.274 e. The molecule has 1 heterocycles. The third-order valence-electron chi connectivity index (χ3n) is 3.43. The van der Waals surface area contributed by atoms with Crippen molar-refractivity contribution >= 4 is 74.6 Å². The Balaban J connectivity index is 1.68. The summed E-state index contributed by atoms with van der Waals surface area (Å²) in [5, 5.41) is 22.8. The highest BCUT2D eigenvalue weighted by molar-refractivity contribution is 8.00. The van der Waals surface area contributed by atoms with Gasteiger partial charge in [0, 0.05) is 16.8 Å². The highest BCUT2D eigenvalue weighted by Crippen LogP contribution is 2.35. The number of thioether (sulfide) groups is 1. The minimum absolute atomic E-state index is 0.0598. The monoisotopic (exact) mass is 474 g/mol. The normalized spacial score (nSPS) is 10.7. The Labute approximate surface area is 182 Å². The van der Waals surface area contributed by atoms with E-state index in [1.807, 2.05) is 0 Å². The van der Waals surface area contributed by atoms with Gasteiger partial charge in [-0.3, -0.25) is 20.2 Å². The molecule has 0 unspecified atom stereocenters. The number of nitrogens with one attached hydrogen (secondary N) is 1. The summed E-state index contributed by atoms with van der Waals surface area (Å²) < 4.78 is 0.520. The van der Waals surface area contributed by atoms with Crippen LogP contribution in [0, 0.1) is 10.1 Å². The van der Waals surface area contributed by atoms with Crippen molar-refractivity contribution < 1.29 is 9.72 Å². The number of hydrogen-bond acceptors (Lipinski definition) is 7. The van der Waals surface area contributed by atoms with Gasteiger partial charge in [0.1, 0.15) is 0 Å². The van der Waals surface area contributed by atoms with Crippen molar-refractivity contribution in [3.8, 4) is 0 Å². The average molecular weight is 476 g/mol. The van der Waals surface area contributed by atoms with Gasteiger partial charge in [0.15, 0.2) is 4.34 Å². The van der Waals surface area contributed by atoms with Crippen LogP contribution in [0.1, 0.15) is 15.9 Å². The first-order valence-corrected chi connectivity index (χ1v) is 10.4. The van der Waals surface area contributed by atoms with E-state index in [9.17, 15) is 14.9 Å². The van der Waals surface area contributed by atoms with Gasteiger partial charge in [0.05, 0.1) is 26.1 Å². The molecule has 0 aliphatic heterocycles. The van der Waals surface area contributed by atoms with E-state index >= 15 is 0 Å². The number of halogens is 3. The summed E-state index contributed by atoms with van der Waals surface area (Å²) in [6.45, 7) is 0. The standard InChI is InChI=1S/C16H9Cl3N4O3S2/c17-8-4-5-9(12(19)6-8)14(24)20-15-21-22-16(28-15)27-7-10-11(18)2-1-3-13(10)23(25)26/h1-6H,7H2,(H,20,21,24). The van der Waals surface area contributed by atoms with E-state index in [1.54, 1.807) is 12.1 Å². The molecule has 0 spiro atoms. The summed E-state index contributed by atoms with van der Waals surface area (Å²) in [5.41, 5.74) is 0.588. The predicted octanol–water partition coefficient (Wildman–Crippen LogP) is 5.95. The number of benzene rings is 2. The fraction of sp³-hybridized carbons (Fsp3) is 0.0625. The number of hydrogen-bond donors (Lipinski definition) is 1. The zero-order chi connectivity index (χ0) is 20.3. The molecule has 7 nitrogen and oxygen atoms in total. The van der Waals surface area contributed by atoms with Gasteiger partial charge in [-0.2, -0.15) is 0 Å².